The van der Waals surface area contributed by atoms with Gasteiger partial charge in [-0.25, -0.2) is 0 Å². The van der Waals surface area contributed by atoms with Crippen LogP contribution in [0, 0.1) is 0 Å². The van der Waals surface area contributed by atoms with Crippen molar-refractivity contribution in [3.05, 3.63) is 0 Å². The second-order valence-electron chi connectivity index (χ2n) is 4.94. The van der Waals surface area contributed by atoms with Gasteiger partial charge in [-0.1, -0.05) is 18.7 Å². The van der Waals surface area contributed by atoms with Crippen LogP contribution in [-0.2, 0) is 0 Å². The summed E-state index contributed by atoms with van der Waals surface area (Å²) in [5, 5.41) is 4.83. The number of amidine groups is 1. The second kappa shape index (κ2) is 5.67. The second-order valence-corrected chi connectivity index (χ2v) is 7.18. The maximum Gasteiger partial charge on any atom is 0.157 e. The van der Waals surface area contributed by atoms with E-state index in [1.165, 1.54) is 48.1 Å². The van der Waals surface area contributed by atoms with Gasteiger partial charge in [-0.2, -0.15) is 11.8 Å². The van der Waals surface area contributed by atoms with Crippen LogP contribution in [0.2, 0.25) is 0 Å². The van der Waals surface area contributed by atoms with Gasteiger partial charge < -0.3 is 5.32 Å². The molecule has 2 rings (SSSR count). The zero-order valence-electron chi connectivity index (χ0n) is 10.3. The highest BCUT2D eigenvalue weighted by Gasteiger charge is 2.28. The molecule has 0 aromatic rings. The van der Waals surface area contributed by atoms with Crippen molar-refractivity contribution in [3.63, 3.8) is 0 Å². The summed E-state index contributed by atoms with van der Waals surface area (Å²) in [4.78, 5) is 4.89. The molecule has 0 spiro atoms. The van der Waals surface area contributed by atoms with Crippen LogP contribution in [0.1, 0.15) is 39.5 Å². The Morgan fingerprint density at radius 3 is 3.06 bits per heavy atom. The van der Waals surface area contributed by atoms with Gasteiger partial charge in [0.05, 0.1) is 6.04 Å². The molecule has 1 N–H and O–H groups in total. The Kier molecular flexibility index (Phi) is 4.48. The molecule has 2 unspecified atom stereocenters. The van der Waals surface area contributed by atoms with Crippen LogP contribution >= 0.6 is 23.5 Å². The van der Waals surface area contributed by atoms with Crippen LogP contribution in [-0.4, -0.2) is 34.0 Å². The molecule has 2 aliphatic rings. The lowest BCUT2D eigenvalue weighted by Crippen LogP contribution is -2.48. The summed E-state index contributed by atoms with van der Waals surface area (Å²) >= 11 is 3.96. The first kappa shape index (κ1) is 12.6. The fourth-order valence-electron chi connectivity index (χ4n) is 2.06. The number of nitrogens with zero attached hydrogens (tertiary/aromatic N) is 1. The lowest BCUT2D eigenvalue weighted by atomic mass is 9.96. The molecule has 0 aliphatic carbocycles. The van der Waals surface area contributed by atoms with Crippen molar-refractivity contribution in [2.24, 2.45) is 4.99 Å². The Bertz CT molecular complexity index is 262. The van der Waals surface area contributed by atoms with Crippen molar-refractivity contribution in [2.45, 2.75) is 51.1 Å². The van der Waals surface area contributed by atoms with Gasteiger partial charge in [0.2, 0.25) is 0 Å². The molecule has 0 saturated carbocycles. The number of thioether (sulfide) groups is 2. The average Bonchev–Trinajstić information content (AvgIpc) is 2.30. The Morgan fingerprint density at radius 2 is 2.38 bits per heavy atom. The molecular weight excluding hydrogens is 236 g/mol. The SMILES string of the molecule is CCC1(C)CCSC(=NC2CCCSC2)N1. The smallest absolute Gasteiger partial charge is 0.157 e. The summed E-state index contributed by atoms with van der Waals surface area (Å²) in [5.41, 5.74) is 0.284. The number of hydrogen-bond acceptors (Lipinski definition) is 3. The molecule has 2 saturated heterocycles. The van der Waals surface area contributed by atoms with E-state index in [-0.39, 0.29) is 5.54 Å². The van der Waals surface area contributed by atoms with Crippen molar-refractivity contribution >= 4 is 28.7 Å². The fraction of sp³-hybridized carbons (Fsp3) is 0.917. The van der Waals surface area contributed by atoms with Gasteiger partial charge in [0.1, 0.15) is 0 Å². The number of nitrogens with one attached hydrogen (secondary N) is 1. The monoisotopic (exact) mass is 258 g/mol. The lowest BCUT2D eigenvalue weighted by Gasteiger charge is -2.35. The van der Waals surface area contributed by atoms with E-state index in [4.69, 9.17) is 4.99 Å². The highest BCUT2D eigenvalue weighted by atomic mass is 32.2. The van der Waals surface area contributed by atoms with Crippen LogP contribution in [0.3, 0.4) is 0 Å². The fourth-order valence-corrected chi connectivity index (χ4v) is 4.39. The quantitative estimate of drug-likeness (QED) is 0.823. The summed E-state index contributed by atoms with van der Waals surface area (Å²) in [6.07, 6.45) is 5.06. The third kappa shape index (κ3) is 3.33. The predicted octanol–water partition coefficient (Wildman–Crippen LogP) is 3.13. The van der Waals surface area contributed by atoms with Gasteiger partial charge in [-0.3, -0.25) is 4.99 Å². The lowest BCUT2D eigenvalue weighted by molar-refractivity contribution is 0.389. The third-order valence-electron chi connectivity index (χ3n) is 3.52. The Balaban J connectivity index is 1.95. The van der Waals surface area contributed by atoms with E-state index >= 15 is 0 Å². The number of hydrogen-bond donors (Lipinski definition) is 1. The predicted molar refractivity (Wildman–Crippen MR) is 76.7 cm³/mol. The molecule has 0 aromatic carbocycles. The summed E-state index contributed by atoms with van der Waals surface area (Å²) in [5.74, 6) is 3.76. The molecule has 0 aromatic heterocycles. The van der Waals surface area contributed by atoms with Gasteiger partial charge >= 0.3 is 0 Å². The van der Waals surface area contributed by atoms with E-state index in [2.05, 4.69) is 30.9 Å². The third-order valence-corrected chi connectivity index (χ3v) is 5.60. The van der Waals surface area contributed by atoms with E-state index in [1.54, 1.807) is 0 Å². The van der Waals surface area contributed by atoms with Crippen molar-refractivity contribution in [3.8, 4) is 0 Å². The Morgan fingerprint density at radius 1 is 1.50 bits per heavy atom. The molecule has 0 amide bonds. The van der Waals surface area contributed by atoms with E-state index < -0.39 is 0 Å². The summed E-state index contributed by atoms with van der Waals surface area (Å²) < 4.78 is 0. The standard InChI is InChI=1S/C12H22N2S2/c1-3-12(2)6-8-16-11(14-12)13-10-5-4-7-15-9-10/h10H,3-9H2,1-2H3,(H,13,14). The minimum atomic E-state index is 0.284. The zero-order chi connectivity index (χ0) is 11.4. The molecule has 2 heterocycles. The van der Waals surface area contributed by atoms with Gasteiger partial charge in [0, 0.05) is 17.0 Å². The van der Waals surface area contributed by atoms with Crippen molar-refractivity contribution in [1.82, 2.24) is 5.32 Å². The topological polar surface area (TPSA) is 24.4 Å². The molecule has 4 heteroatoms. The summed E-state index contributed by atoms with van der Waals surface area (Å²) in [7, 11) is 0. The van der Waals surface area contributed by atoms with E-state index in [1.807, 2.05) is 11.8 Å². The van der Waals surface area contributed by atoms with Crippen molar-refractivity contribution in [2.75, 3.05) is 17.3 Å². The molecule has 2 nitrogen and oxygen atoms in total. The minimum Gasteiger partial charge on any atom is -0.360 e. The highest BCUT2D eigenvalue weighted by Crippen LogP contribution is 2.27. The van der Waals surface area contributed by atoms with Gasteiger partial charge in [0.25, 0.3) is 0 Å². The van der Waals surface area contributed by atoms with E-state index in [0.717, 1.165) is 0 Å². The molecule has 2 atom stereocenters. The maximum absolute atomic E-state index is 4.89. The highest BCUT2D eigenvalue weighted by molar-refractivity contribution is 8.13. The number of rotatable bonds is 2. The minimum absolute atomic E-state index is 0.284. The largest absolute Gasteiger partial charge is 0.360 e. The molecule has 0 bridgehead atoms. The molecule has 2 fully saturated rings. The van der Waals surface area contributed by atoms with Gasteiger partial charge in [-0.05, 0) is 38.4 Å². The molecule has 16 heavy (non-hydrogen) atoms. The van der Waals surface area contributed by atoms with Crippen molar-refractivity contribution in [1.29, 1.82) is 0 Å². The maximum atomic E-state index is 4.89. The zero-order valence-corrected chi connectivity index (χ0v) is 11.9. The van der Waals surface area contributed by atoms with Crippen molar-refractivity contribution < 1.29 is 0 Å². The van der Waals surface area contributed by atoms with Crippen LogP contribution in [0.25, 0.3) is 0 Å². The first-order valence-corrected chi connectivity index (χ1v) is 8.42. The first-order valence-electron chi connectivity index (χ1n) is 6.28. The van der Waals surface area contributed by atoms with E-state index in [0.29, 0.717) is 6.04 Å². The normalized spacial score (nSPS) is 38.4. The summed E-state index contributed by atoms with van der Waals surface area (Å²) in [6.45, 7) is 4.58. The van der Waals surface area contributed by atoms with Crippen LogP contribution in [0.15, 0.2) is 4.99 Å². The van der Waals surface area contributed by atoms with Gasteiger partial charge in [-0.15, -0.1) is 0 Å². The Labute approximate surface area is 107 Å². The number of aliphatic imine (C=N–C) groups is 1. The van der Waals surface area contributed by atoms with Crippen LogP contribution in [0.5, 0.6) is 0 Å². The average molecular weight is 258 g/mol. The van der Waals surface area contributed by atoms with Gasteiger partial charge in [0.15, 0.2) is 5.17 Å². The first-order chi connectivity index (χ1) is 7.72. The molecule has 2 aliphatic heterocycles. The van der Waals surface area contributed by atoms with Crippen LogP contribution in [0.4, 0.5) is 0 Å². The molecule has 0 radical (unpaired) electrons. The molecule has 92 valence electrons. The van der Waals surface area contributed by atoms with Crippen LogP contribution < -0.4 is 5.32 Å². The van der Waals surface area contributed by atoms with E-state index in [9.17, 15) is 0 Å². The molecular formula is C12H22N2S2. The Hall–Kier alpha value is 0.170. The summed E-state index contributed by atoms with van der Waals surface area (Å²) in [6, 6.07) is 0.563.